The number of phenolic OH excluding ortho intramolecular Hbond substituents is 2. The molecule has 1 atom stereocenters. The van der Waals surface area contributed by atoms with E-state index in [2.05, 4.69) is 0 Å². The molecule has 1 heterocycles. The van der Waals surface area contributed by atoms with Gasteiger partial charge in [-0.15, -0.1) is 0 Å². The third-order valence-electron chi connectivity index (χ3n) is 6.29. The van der Waals surface area contributed by atoms with Crippen molar-refractivity contribution >= 4 is 45.5 Å². The highest BCUT2D eigenvalue weighted by molar-refractivity contribution is 6.52. The van der Waals surface area contributed by atoms with E-state index < -0.39 is 17.7 Å². The molecule has 1 amide bonds. The fourth-order valence-corrected chi connectivity index (χ4v) is 4.80. The van der Waals surface area contributed by atoms with Crippen molar-refractivity contribution in [3.05, 3.63) is 101 Å². The van der Waals surface area contributed by atoms with E-state index in [4.69, 9.17) is 16.3 Å². The van der Waals surface area contributed by atoms with E-state index in [9.17, 15) is 24.9 Å². The molecule has 1 aliphatic rings. The van der Waals surface area contributed by atoms with E-state index in [1.54, 1.807) is 19.1 Å². The highest BCUT2D eigenvalue weighted by atomic mass is 35.5. The summed E-state index contributed by atoms with van der Waals surface area (Å²) in [6.07, 6.45) is 0. The standard InChI is InChI=1S/C29H22ClNO6/c1-2-37-24-14-17(10-12-23(24)33)26-25(27(34)20-9-5-7-16-6-3-4-8-19(16)20)28(35)29(36)31(26)21-15-18(30)11-13-22(21)32/h3-15,26,32-34H,2H2,1H3/b27-25+. The van der Waals surface area contributed by atoms with E-state index in [1.165, 1.54) is 36.4 Å². The summed E-state index contributed by atoms with van der Waals surface area (Å²) in [4.78, 5) is 28.0. The van der Waals surface area contributed by atoms with Crippen LogP contribution in [0.1, 0.15) is 24.1 Å². The zero-order chi connectivity index (χ0) is 26.3. The number of carbonyl (C=O) groups is 2. The van der Waals surface area contributed by atoms with Crippen LogP contribution < -0.4 is 9.64 Å². The van der Waals surface area contributed by atoms with Crippen LogP contribution in [0, 0.1) is 0 Å². The largest absolute Gasteiger partial charge is 0.507 e. The third-order valence-corrected chi connectivity index (χ3v) is 6.52. The fourth-order valence-electron chi connectivity index (χ4n) is 4.63. The Morgan fingerprint density at radius 1 is 0.946 bits per heavy atom. The van der Waals surface area contributed by atoms with Crippen LogP contribution in [0.3, 0.4) is 0 Å². The maximum absolute atomic E-state index is 13.5. The van der Waals surface area contributed by atoms with Crippen molar-refractivity contribution in [2.75, 3.05) is 11.5 Å². The van der Waals surface area contributed by atoms with Gasteiger partial charge in [-0.2, -0.15) is 0 Å². The van der Waals surface area contributed by atoms with Crippen molar-refractivity contribution in [1.82, 2.24) is 0 Å². The lowest BCUT2D eigenvalue weighted by Gasteiger charge is -2.26. The van der Waals surface area contributed by atoms with Gasteiger partial charge in [-0.05, 0) is 53.6 Å². The van der Waals surface area contributed by atoms with E-state index in [1.807, 2.05) is 30.3 Å². The van der Waals surface area contributed by atoms with Crippen molar-refractivity contribution in [2.45, 2.75) is 13.0 Å². The van der Waals surface area contributed by atoms with Gasteiger partial charge in [-0.25, -0.2) is 0 Å². The van der Waals surface area contributed by atoms with Gasteiger partial charge >= 0.3 is 0 Å². The maximum Gasteiger partial charge on any atom is 0.300 e. The second kappa shape index (κ2) is 9.52. The molecule has 1 fully saturated rings. The topological polar surface area (TPSA) is 107 Å². The molecule has 5 rings (SSSR count). The summed E-state index contributed by atoms with van der Waals surface area (Å²) in [6.45, 7) is 2.02. The first-order valence-electron chi connectivity index (χ1n) is 11.5. The first-order valence-corrected chi connectivity index (χ1v) is 11.9. The average molecular weight is 516 g/mol. The van der Waals surface area contributed by atoms with Gasteiger partial charge in [0.05, 0.1) is 23.9 Å². The van der Waals surface area contributed by atoms with Crippen LogP contribution in [0.25, 0.3) is 16.5 Å². The predicted octanol–water partition coefficient (Wildman–Crippen LogP) is 5.93. The minimum absolute atomic E-state index is 0.00241. The summed E-state index contributed by atoms with van der Waals surface area (Å²) >= 11 is 6.17. The van der Waals surface area contributed by atoms with Gasteiger partial charge in [-0.1, -0.05) is 60.1 Å². The summed E-state index contributed by atoms with van der Waals surface area (Å²) in [5.41, 5.74) is 0.582. The van der Waals surface area contributed by atoms with Gasteiger partial charge in [0.2, 0.25) is 0 Å². The summed E-state index contributed by atoms with van der Waals surface area (Å²) in [5, 5.41) is 34.2. The number of nitrogens with zero attached hydrogens (tertiary/aromatic N) is 1. The highest BCUT2D eigenvalue weighted by Gasteiger charge is 2.48. The smallest absolute Gasteiger partial charge is 0.300 e. The molecule has 37 heavy (non-hydrogen) atoms. The SMILES string of the molecule is CCOc1cc(C2/C(=C(\O)c3cccc4ccccc34)C(=O)C(=O)N2c2cc(Cl)ccc2O)ccc1O. The third kappa shape index (κ3) is 4.13. The van der Waals surface area contributed by atoms with Crippen molar-refractivity contribution in [1.29, 1.82) is 0 Å². The summed E-state index contributed by atoms with van der Waals surface area (Å²) < 4.78 is 5.52. The Kier molecular flexibility index (Phi) is 6.23. The number of fused-ring (bicyclic) bond motifs is 1. The summed E-state index contributed by atoms with van der Waals surface area (Å²) in [6, 6.07) is 20.1. The van der Waals surface area contributed by atoms with Crippen LogP contribution in [0.15, 0.2) is 84.4 Å². The number of hydrogen-bond donors (Lipinski definition) is 3. The van der Waals surface area contributed by atoms with Crippen LogP contribution >= 0.6 is 11.6 Å². The molecule has 7 nitrogen and oxygen atoms in total. The van der Waals surface area contributed by atoms with Crippen LogP contribution in [0.5, 0.6) is 17.2 Å². The zero-order valence-electron chi connectivity index (χ0n) is 19.7. The molecule has 0 radical (unpaired) electrons. The van der Waals surface area contributed by atoms with E-state index in [0.29, 0.717) is 16.5 Å². The monoisotopic (exact) mass is 515 g/mol. The molecule has 1 aliphatic heterocycles. The number of ketones is 1. The summed E-state index contributed by atoms with van der Waals surface area (Å²) in [5.74, 6) is -2.50. The van der Waals surface area contributed by atoms with Gasteiger partial charge in [0, 0.05) is 10.6 Å². The number of phenols is 2. The Morgan fingerprint density at radius 3 is 2.46 bits per heavy atom. The number of ether oxygens (including phenoxy) is 1. The lowest BCUT2D eigenvalue weighted by Crippen LogP contribution is -2.29. The van der Waals surface area contributed by atoms with Gasteiger partial charge in [-0.3, -0.25) is 14.5 Å². The Hall–Kier alpha value is -4.49. The second-order valence-corrected chi connectivity index (χ2v) is 8.93. The Morgan fingerprint density at radius 2 is 1.68 bits per heavy atom. The normalized spacial score (nSPS) is 16.9. The molecule has 8 heteroatoms. The van der Waals surface area contributed by atoms with Gasteiger partial charge in [0.25, 0.3) is 11.7 Å². The number of aliphatic hydroxyl groups excluding tert-OH is 1. The van der Waals surface area contributed by atoms with E-state index >= 15 is 0 Å². The number of rotatable bonds is 5. The Balaban J connectivity index is 1.81. The second-order valence-electron chi connectivity index (χ2n) is 8.49. The van der Waals surface area contributed by atoms with Gasteiger partial charge in [0.1, 0.15) is 11.5 Å². The van der Waals surface area contributed by atoms with E-state index in [0.717, 1.165) is 10.3 Å². The Labute approximate surface area is 217 Å². The number of Topliss-reactive ketones (excluding diaryl/α,β-unsaturated/α-hetero) is 1. The van der Waals surface area contributed by atoms with Crippen molar-refractivity contribution in [3.63, 3.8) is 0 Å². The molecule has 4 aromatic rings. The minimum atomic E-state index is -1.15. The number of benzene rings is 4. The van der Waals surface area contributed by atoms with Crippen molar-refractivity contribution in [2.24, 2.45) is 0 Å². The number of carbonyl (C=O) groups excluding carboxylic acids is 2. The highest BCUT2D eigenvalue weighted by Crippen LogP contribution is 2.47. The number of halogens is 1. The van der Waals surface area contributed by atoms with Crippen LogP contribution in [-0.4, -0.2) is 33.6 Å². The fraction of sp³-hybridized carbons (Fsp3) is 0.103. The average Bonchev–Trinajstić information content (AvgIpc) is 3.16. The molecule has 186 valence electrons. The molecule has 0 aliphatic carbocycles. The number of amides is 1. The number of aromatic hydroxyl groups is 2. The van der Waals surface area contributed by atoms with Crippen molar-refractivity contribution < 1.29 is 29.6 Å². The number of aliphatic hydroxyl groups is 1. The lowest BCUT2D eigenvalue weighted by atomic mass is 9.93. The molecule has 1 unspecified atom stereocenters. The van der Waals surface area contributed by atoms with Crippen molar-refractivity contribution in [3.8, 4) is 17.2 Å². The Bertz CT molecular complexity index is 1590. The molecule has 0 bridgehead atoms. The predicted molar refractivity (Wildman–Crippen MR) is 141 cm³/mol. The molecule has 0 spiro atoms. The molecular weight excluding hydrogens is 494 g/mol. The van der Waals surface area contributed by atoms with Crippen LogP contribution in [-0.2, 0) is 9.59 Å². The maximum atomic E-state index is 13.5. The van der Waals surface area contributed by atoms with Gasteiger partial charge < -0.3 is 20.1 Å². The molecule has 4 aromatic carbocycles. The molecule has 1 saturated heterocycles. The minimum Gasteiger partial charge on any atom is -0.507 e. The number of anilines is 1. The first kappa shape index (κ1) is 24.2. The van der Waals surface area contributed by atoms with Crippen LogP contribution in [0.2, 0.25) is 5.02 Å². The zero-order valence-corrected chi connectivity index (χ0v) is 20.4. The van der Waals surface area contributed by atoms with E-state index in [-0.39, 0.29) is 45.9 Å². The number of hydrogen-bond acceptors (Lipinski definition) is 6. The van der Waals surface area contributed by atoms with Gasteiger partial charge in [0.15, 0.2) is 11.5 Å². The quantitative estimate of drug-likeness (QED) is 0.173. The molecule has 3 N–H and O–H groups in total. The molecular formula is C29H22ClNO6. The summed E-state index contributed by atoms with van der Waals surface area (Å²) in [7, 11) is 0. The lowest BCUT2D eigenvalue weighted by molar-refractivity contribution is -0.132. The van der Waals surface area contributed by atoms with Crippen LogP contribution in [0.4, 0.5) is 5.69 Å². The molecule has 0 aromatic heterocycles. The molecule has 0 saturated carbocycles. The first-order chi connectivity index (χ1) is 17.8.